The quantitative estimate of drug-likeness (QED) is 0.165. The fourth-order valence-electron chi connectivity index (χ4n) is 9.11. The van der Waals surface area contributed by atoms with Crippen LogP contribution in [0.5, 0.6) is 0 Å². The molecule has 0 radical (unpaired) electrons. The summed E-state index contributed by atoms with van der Waals surface area (Å²) >= 11 is 0. The van der Waals surface area contributed by atoms with Gasteiger partial charge in [0, 0.05) is 43.7 Å². The van der Waals surface area contributed by atoms with Gasteiger partial charge in [-0.2, -0.15) is 0 Å². The van der Waals surface area contributed by atoms with Crippen LogP contribution in [0.1, 0.15) is 0 Å². The number of rotatable bonds is 5. The molecule has 0 fully saturated rings. The van der Waals surface area contributed by atoms with Gasteiger partial charge in [0.05, 0.1) is 39.0 Å². The van der Waals surface area contributed by atoms with E-state index in [-0.39, 0.29) is 0 Å². The first-order valence-corrected chi connectivity index (χ1v) is 19.8. The van der Waals surface area contributed by atoms with Crippen LogP contribution in [0, 0.1) is 0 Å². The van der Waals surface area contributed by atoms with Gasteiger partial charge in [0.1, 0.15) is 0 Å². The molecule has 0 aliphatic rings. The summed E-state index contributed by atoms with van der Waals surface area (Å²) in [5.41, 5.74) is 13.1. The fraction of sp³-hybridized carbons (Fsp3) is 0. The summed E-state index contributed by atoms with van der Waals surface area (Å²) in [6, 6.07) is 73.7. The van der Waals surface area contributed by atoms with Crippen molar-refractivity contribution in [2.24, 2.45) is 0 Å². The van der Waals surface area contributed by atoms with Crippen LogP contribution >= 0.6 is 0 Å². The summed E-state index contributed by atoms with van der Waals surface area (Å²) in [6.07, 6.45) is 0. The normalized spacial score (nSPS) is 11.8. The zero-order valence-corrected chi connectivity index (χ0v) is 31.4. The van der Waals surface area contributed by atoms with Gasteiger partial charge in [0.2, 0.25) is 0 Å². The van der Waals surface area contributed by atoms with Gasteiger partial charge in [-0.25, -0.2) is 9.97 Å². The van der Waals surface area contributed by atoms with E-state index in [9.17, 15) is 0 Å². The highest BCUT2D eigenvalue weighted by Gasteiger charge is 2.20. The summed E-state index contributed by atoms with van der Waals surface area (Å²) in [6.45, 7) is 0. The van der Waals surface area contributed by atoms with Gasteiger partial charge in [0.15, 0.2) is 5.82 Å². The maximum absolute atomic E-state index is 5.42. The van der Waals surface area contributed by atoms with Crippen molar-refractivity contribution in [3.05, 3.63) is 206 Å². The molecule has 12 rings (SSSR count). The lowest BCUT2D eigenvalue weighted by atomic mass is 9.99. The first-order valence-electron chi connectivity index (χ1n) is 19.8. The van der Waals surface area contributed by atoms with Gasteiger partial charge in [-0.15, -0.1) is 0 Å². The van der Waals surface area contributed by atoms with E-state index in [2.05, 4.69) is 215 Å². The number of para-hydroxylation sites is 4. The smallest absolute Gasteiger partial charge is 0.162 e. The first-order chi connectivity index (χ1) is 28.8. The Hall–Kier alpha value is -7.82. The number of nitrogens with zero attached hydrogens (tertiary/aromatic N) is 4. The van der Waals surface area contributed by atoms with Gasteiger partial charge < -0.3 is 9.13 Å². The zero-order chi connectivity index (χ0) is 38.2. The Morgan fingerprint density at radius 3 is 1.62 bits per heavy atom. The minimum Gasteiger partial charge on any atom is -0.309 e. The van der Waals surface area contributed by atoms with Gasteiger partial charge in [-0.3, -0.25) is 0 Å². The van der Waals surface area contributed by atoms with Crippen LogP contribution in [0.4, 0.5) is 0 Å². The molecule has 3 heterocycles. The van der Waals surface area contributed by atoms with E-state index in [4.69, 9.17) is 9.97 Å². The minimum atomic E-state index is 0.697. The zero-order valence-electron chi connectivity index (χ0n) is 31.4. The molecule has 0 N–H and O–H groups in total. The van der Waals surface area contributed by atoms with E-state index in [1.54, 1.807) is 0 Å². The summed E-state index contributed by atoms with van der Waals surface area (Å²) < 4.78 is 4.75. The van der Waals surface area contributed by atoms with Crippen LogP contribution in [0.3, 0.4) is 0 Å². The molecule has 0 amide bonds. The number of aromatic nitrogens is 4. The summed E-state index contributed by atoms with van der Waals surface area (Å²) in [7, 11) is 0. The minimum absolute atomic E-state index is 0.697. The average molecular weight is 739 g/mol. The lowest BCUT2D eigenvalue weighted by Crippen LogP contribution is -2.01. The first kappa shape index (κ1) is 32.4. The van der Waals surface area contributed by atoms with Gasteiger partial charge >= 0.3 is 0 Å². The molecule has 0 saturated carbocycles. The lowest BCUT2D eigenvalue weighted by molar-refractivity contribution is 1.15. The molecule has 0 saturated heterocycles. The second-order valence-electron chi connectivity index (χ2n) is 15.0. The van der Waals surface area contributed by atoms with Crippen LogP contribution in [0.25, 0.3) is 110 Å². The molecule has 0 aliphatic carbocycles. The molecule has 0 atom stereocenters. The largest absolute Gasteiger partial charge is 0.309 e. The van der Waals surface area contributed by atoms with Crippen LogP contribution in [0.15, 0.2) is 206 Å². The monoisotopic (exact) mass is 738 g/mol. The van der Waals surface area contributed by atoms with Gasteiger partial charge in [0.25, 0.3) is 0 Å². The number of hydrogen-bond donors (Lipinski definition) is 0. The van der Waals surface area contributed by atoms with E-state index in [0.717, 1.165) is 55.5 Å². The third kappa shape index (κ3) is 4.95. The standard InChI is InChI=1S/C54H34N4/c1-3-16-36(17-4-1)53-52-40-20-8-7-15-35(40)27-30-46(52)55-54(56-53)43-23-11-14-26-49(43)58-48-25-13-10-22-42(48)45-34-38(29-32-51(45)58)37-28-31-50-44(33-37)41-21-9-12-24-47(41)57(50)39-18-5-2-6-19-39/h1-34H. The molecule has 0 unspecified atom stereocenters. The topological polar surface area (TPSA) is 35.6 Å². The number of benzene rings is 9. The molecule has 58 heavy (non-hydrogen) atoms. The van der Waals surface area contributed by atoms with Crippen LogP contribution in [-0.2, 0) is 0 Å². The van der Waals surface area contributed by atoms with E-state index >= 15 is 0 Å². The third-order valence-electron chi connectivity index (χ3n) is 11.7. The van der Waals surface area contributed by atoms with Crippen molar-refractivity contribution in [1.29, 1.82) is 0 Å². The number of fused-ring (bicyclic) bond motifs is 9. The van der Waals surface area contributed by atoms with Crippen molar-refractivity contribution in [2.45, 2.75) is 0 Å². The average Bonchev–Trinajstić information content (AvgIpc) is 3.81. The Bertz CT molecular complexity index is 3560. The molecule has 0 aliphatic heterocycles. The molecular formula is C54H34N4. The van der Waals surface area contributed by atoms with E-state index in [1.807, 2.05) is 0 Å². The van der Waals surface area contributed by atoms with Gasteiger partial charge in [-0.1, -0.05) is 140 Å². The Labute approximate surface area is 334 Å². The van der Waals surface area contributed by atoms with E-state index in [1.165, 1.54) is 49.1 Å². The Morgan fingerprint density at radius 1 is 0.345 bits per heavy atom. The highest BCUT2D eigenvalue weighted by Crippen LogP contribution is 2.41. The SMILES string of the molecule is c1ccc(-c2nc(-c3ccccc3-n3c4ccccc4c4cc(-c5ccc6c(c5)c5ccccc5n6-c5ccccc5)ccc43)nc3ccc4ccccc4c23)cc1. The van der Waals surface area contributed by atoms with Crippen molar-refractivity contribution >= 4 is 65.3 Å². The summed E-state index contributed by atoms with van der Waals surface area (Å²) in [4.78, 5) is 10.7. The van der Waals surface area contributed by atoms with Crippen LogP contribution < -0.4 is 0 Å². The van der Waals surface area contributed by atoms with Crippen molar-refractivity contribution in [3.63, 3.8) is 0 Å². The summed E-state index contributed by atoms with van der Waals surface area (Å²) in [5, 5.41) is 8.28. The van der Waals surface area contributed by atoms with Crippen molar-refractivity contribution < 1.29 is 0 Å². The molecule has 0 spiro atoms. The molecular weight excluding hydrogens is 705 g/mol. The van der Waals surface area contributed by atoms with Crippen molar-refractivity contribution in [2.75, 3.05) is 0 Å². The summed E-state index contributed by atoms with van der Waals surface area (Å²) in [5.74, 6) is 0.697. The predicted molar refractivity (Wildman–Crippen MR) is 242 cm³/mol. The highest BCUT2D eigenvalue weighted by molar-refractivity contribution is 6.14. The maximum atomic E-state index is 5.42. The molecule has 12 aromatic rings. The Balaban J connectivity index is 1.05. The molecule has 4 nitrogen and oxygen atoms in total. The number of hydrogen-bond acceptors (Lipinski definition) is 2. The molecule has 0 bridgehead atoms. The fourth-order valence-corrected chi connectivity index (χ4v) is 9.11. The van der Waals surface area contributed by atoms with Gasteiger partial charge in [-0.05, 0) is 88.6 Å². The third-order valence-corrected chi connectivity index (χ3v) is 11.7. The van der Waals surface area contributed by atoms with E-state index in [0.29, 0.717) is 5.82 Å². The molecule has 3 aromatic heterocycles. The van der Waals surface area contributed by atoms with Crippen molar-refractivity contribution in [1.82, 2.24) is 19.1 Å². The second-order valence-corrected chi connectivity index (χ2v) is 15.0. The Kier molecular flexibility index (Phi) is 7.20. The van der Waals surface area contributed by atoms with Crippen LogP contribution in [-0.4, -0.2) is 19.1 Å². The Morgan fingerprint density at radius 2 is 0.897 bits per heavy atom. The second kappa shape index (κ2) is 12.9. The molecule has 270 valence electrons. The molecule has 9 aromatic carbocycles. The van der Waals surface area contributed by atoms with E-state index < -0.39 is 0 Å². The van der Waals surface area contributed by atoms with Crippen molar-refractivity contribution in [3.8, 4) is 45.1 Å². The van der Waals surface area contributed by atoms with Crippen LogP contribution in [0.2, 0.25) is 0 Å². The predicted octanol–water partition coefficient (Wildman–Crippen LogP) is 14.0. The molecule has 4 heteroatoms. The highest BCUT2D eigenvalue weighted by atomic mass is 15.0. The lowest BCUT2D eigenvalue weighted by Gasteiger charge is -2.16. The maximum Gasteiger partial charge on any atom is 0.162 e.